The standard InChI is InChI=1S/C33H40N10O5.C6H8N2O/c1-6-8-13-48-26-18-21(30(35)45)16-23-28(26)41(32(36-4)37-23)11-9-10-12-42-27-22(15-20(29(34)44)17-25(27)47-5)38-33(42)39-31(46)24-14-19(3)40-43(24)7-2;1-2-8-6(5-9)3-4-7-8/h9-10,14-18H,6-8,11-13H2,1-5H3,(H2,34,44)(H2,35,45)(H,36,37)(H,38,39,46);3-5H,2H2,1H3/b10-9+;. The molecule has 3 amide bonds. The van der Waals surface area contributed by atoms with Crippen molar-refractivity contribution in [2.24, 2.45) is 11.5 Å². The van der Waals surface area contributed by atoms with Crippen LogP contribution in [0.4, 0.5) is 11.9 Å². The van der Waals surface area contributed by atoms with E-state index in [4.69, 9.17) is 20.9 Å². The van der Waals surface area contributed by atoms with Gasteiger partial charge in [0.2, 0.25) is 23.7 Å². The minimum atomic E-state index is -0.633. The van der Waals surface area contributed by atoms with Crippen LogP contribution in [0, 0.1) is 6.92 Å². The van der Waals surface area contributed by atoms with E-state index in [0.717, 1.165) is 31.2 Å². The number of fused-ring (bicyclic) bond motifs is 2. The number of nitrogens with two attached hydrogens (primary N) is 2. The number of aryl methyl sites for hydroxylation is 3. The summed E-state index contributed by atoms with van der Waals surface area (Å²) in [6, 6.07) is 9.80. The average molecular weight is 781 g/mol. The maximum atomic E-state index is 13.4. The molecule has 4 heterocycles. The average Bonchev–Trinajstić information content (AvgIpc) is 3.99. The van der Waals surface area contributed by atoms with Crippen molar-refractivity contribution in [1.29, 1.82) is 0 Å². The highest BCUT2D eigenvalue weighted by molar-refractivity contribution is 6.04. The molecule has 0 aliphatic heterocycles. The van der Waals surface area contributed by atoms with E-state index in [9.17, 15) is 19.2 Å². The Morgan fingerprint density at radius 3 is 1.98 bits per heavy atom. The molecule has 0 unspecified atom stereocenters. The molecule has 0 spiro atoms. The first kappa shape index (κ1) is 41.2. The summed E-state index contributed by atoms with van der Waals surface area (Å²) in [5, 5.41) is 14.3. The minimum absolute atomic E-state index is 0.222. The van der Waals surface area contributed by atoms with Crippen LogP contribution in [0.25, 0.3) is 22.1 Å². The van der Waals surface area contributed by atoms with Gasteiger partial charge in [0.15, 0.2) is 6.29 Å². The number of ether oxygens (including phenoxy) is 2. The number of nitrogens with zero attached hydrogens (tertiary/aromatic N) is 8. The van der Waals surface area contributed by atoms with Gasteiger partial charge in [-0.1, -0.05) is 25.5 Å². The Bertz CT molecular complexity index is 2440. The molecule has 0 saturated heterocycles. The van der Waals surface area contributed by atoms with Crippen molar-refractivity contribution in [1.82, 2.24) is 38.7 Å². The molecule has 6 aromatic rings. The maximum absolute atomic E-state index is 13.4. The Hall–Kier alpha value is -6.98. The highest BCUT2D eigenvalue weighted by Gasteiger charge is 2.22. The number of primary amides is 2. The number of hydrogen-bond donors (Lipinski definition) is 4. The number of aldehydes is 1. The summed E-state index contributed by atoms with van der Waals surface area (Å²) in [5.41, 5.74) is 15.7. The molecule has 18 nitrogen and oxygen atoms in total. The van der Waals surface area contributed by atoms with Crippen molar-refractivity contribution in [2.45, 2.75) is 66.7 Å². The second-order valence-corrected chi connectivity index (χ2v) is 12.8. The van der Waals surface area contributed by atoms with Gasteiger partial charge in [-0.25, -0.2) is 9.97 Å². The third-order valence-corrected chi connectivity index (χ3v) is 8.95. The summed E-state index contributed by atoms with van der Waals surface area (Å²) in [5.74, 6) is 0.110. The molecule has 18 heteroatoms. The van der Waals surface area contributed by atoms with Gasteiger partial charge in [-0.3, -0.25) is 33.9 Å². The summed E-state index contributed by atoms with van der Waals surface area (Å²) in [4.78, 5) is 57.1. The number of unbranched alkanes of at least 4 members (excludes halogenated alkanes) is 1. The first-order chi connectivity index (χ1) is 27.5. The molecule has 57 heavy (non-hydrogen) atoms. The Labute approximate surface area is 328 Å². The van der Waals surface area contributed by atoms with Crippen molar-refractivity contribution in [3.8, 4) is 11.5 Å². The molecule has 0 radical (unpaired) electrons. The number of aromatic nitrogens is 8. The zero-order chi connectivity index (χ0) is 41.2. The molecular formula is C39H48N12O6. The van der Waals surface area contributed by atoms with Gasteiger partial charge in [0.25, 0.3) is 5.91 Å². The predicted octanol–water partition coefficient (Wildman–Crippen LogP) is 4.56. The molecule has 0 aliphatic carbocycles. The number of amides is 3. The summed E-state index contributed by atoms with van der Waals surface area (Å²) >= 11 is 0. The van der Waals surface area contributed by atoms with Crippen LogP contribution in [0.5, 0.6) is 11.5 Å². The summed E-state index contributed by atoms with van der Waals surface area (Å²) in [6.45, 7) is 10.1. The van der Waals surface area contributed by atoms with Gasteiger partial charge in [-0.15, -0.1) is 0 Å². The third kappa shape index (κ3) is 9.12. The van der Waals surface area contributed by atoms with E-state index in [2.05, 4.69) is 37.7 Å². The summed E-state index contributed by atoms with van der Waals surface area (Å²) in [7, 11) is 3.25. The van der Waals surface area contributed by atoms with Crippen molar-refractivity contribution < 1.29 is 28.7 Å². The lowest BCUT2D eigenvalue weighted by Gasteiger charge is -2.12. The third-order valence-electron chi connectivity index (χ3n) is 8.95. The number of carbonyl (C=O) groups excluding carboxylic acids is 4. The van der Waals surface area contributed by atoms with E-state index in [1.807, 2.05) is 37.5 Å². The van der Waals surface area contributed by atoms with Crippen molar-refractivity contribution in [2.75, 3.05) is 31.4 Å². The molecule has 300 valence electrons. The van der Waals surface area contributed by atoms with Crippen LogP contribution < -0.4 is 31.6 Å². The fourth-order valence-electron chi connectivity index (χ4n) is 6.18. The molecule has 2 aromatic carbocycles. The molecule has 0 atom stereocenters. The lowest BCUT2D eigenvalue weighted by Crippen LogP contribution is -2.20. The van der Waals surface area contributed by atoms with Crippen LogP contribution in [0.2, 0.25) is 0 Å². The van der Waals surface area contributed by atoms with E-state index in [1.165, 1.54) is 7.11 Å². The molecule has 0 aliphatic rings. The lowest BCUT2D eigenvalue weighted by molar-refractivity contribution is 0.0991. The van der Waals surface area contributed by atoms with Crippen LogP contribution >= 0.6 is 0 Å². The Morgan fingerprint density at radius 1 is 0.842 bits per heavy atom. The summed E-state index contributed by atoms with van der Waals surface area (Å²) < 4.78 is 18.7. The Morgan fingerprint density at radius 2 is 1.44 bits per heavy atom. The summed E-state index contributed by atoms with van der Waals surface area (Å²) in [6.07, 6.45) is 8.07. The smallest absolute Gasteiger partial charge is 0.276 e. The van der Waals surface area contributed by atoms with Crippen molar-refractivity contribution in [3.05, 3.63) is 83.0 Å². The number of carbonyl (C=O) groups is 4. The fraction of sp³-hybridized carbons (Fsp3) is 0.333. The first-order valence-corrected chi connectivity index (χ1v) is 18.5. The monoisotopic (exact) mass is 780 g/mol. The van der Waals surface area contributed by atoms with E-state index in [-0.39, 0.29) is 24.0 Å². The molecule has 0 saturated carbocycles. The van der Waals surface area contributed by atoms with Gasteiger partial charge < -0.3 is 35.4 Å². The molecule has 4 aromatic heterocycles. The van der Waals surface area contributed by atoms with E-state index in [0.29, 0.717) is 76.3 Å². The topological polar surface area (TPSA) is 234 Å². The van der Waals surface area contributed by atoms with Gasteiger partial charge in [0.05, 0.1) is 30.4 Å². The molecule has 6 rings (SSSR count). The number of allylic oxidation sites excluding steroid dienone is 2. The number of benzene rings is 2. The predicted molar refractivity (Wildman–Crippen MR) is 216 cm³/mol. The molecule has 6 N–H and O–H groups in total. The van der Waals surface area contributed by atoms with Gasteiger partial charge >= 0.3 is 0 Å². The number of nitrogens with one attached hydrogen (secondary N) is 2. The minimum Gasteiger partial charge on any atom is -0.494 e. The second kappa shape index (κ2) is 18.6. The number of imidazole rings is 2. The SMILES string of the molecule is CCCCOc1cc(C(N)=O)cc2nc(NC)n(C/C=C/Cn3c(NC(=O)c4cc(C)nn4CC)nc4cc(C(N)=O)cc(OC)c43)c12.CCn1nccc1C=O. The van der Waals surface area contributed by atoms with Gasteiger partial charge in [-0.05, 0) is 63.6 Å². The lowest BCUT2D eigenvalue weighted by atomic mass is 10.1. The van der Waals surface area contributed by atoms with Crippen LogP contribution in [-0.2, 0) is 26.2 Å². The number of anilines is 2. The zero-order valence-corrected chi connectivity index (χ0v) is 32.9. The molecule has 0 bridgehead atoms. The number of hydrogen-bond acceptors (Lipinski definition) is 11. The quantitative estimate of drug-likeness (QED) is 0.0569. The van der Waals surface area contributed by atoms with Gasteiger partial charge in [-0.2, -0.15) is 10.2 Å². The first-order valence-electron chi connectivity index (χ1n) is 18.5. The highest BCUT2D eigenvalue weighted by atomic mass is 16.5. The highest BCUT2D eigenvalue weighted by Crippen LogP contribution is 2.33. The van der Waals surface area contributed by atoms with Crippen molar-refractivity contribution >= 4 is 58.0 Å². The van der Waals surface area contributed by atoms with Gasteiger partial charge in [0, 0.05) is 50.6 Å². The largest absolute Gasteiger partial charge is 0.494 e. The Kier molecular flexibility index (Phi) is 13.4. The van der Waals surface area contributed by atoms with E-state index < -0.39 is 11.8 Å². The van der Waals surface area contributed by atoms with Gasteiger partial charge in [0.1, 0.15) is 33.9 Å². The Balaban J connectivity index is 0.000000606. The van der Waals surface area contributed by atoms with E-state index >= 15 is 0 Å². The van der Waals surface area contributed by atoms with Crippen LogP contribution in [0.3, 0.4) is 0 Å². The fourth-order valence-corrected chi connectivity index (χ4v) is 6.18. The zero-order valence-electron chi connectivity index (χ0n) is 32.9. The maximum Gasteiger partial charge on any atom is 0.276 e. The number of methoxy groups -OCH3 is 1. The van der Waals surface area contributed by atoms with Crippen LogP contribution in [0.1, 0.15) is 81.0 Å². The van der Waals surface area contributed by atoms with Crippen LogP contribution in [-0.4, -0.2) is 83.4 Å². The number of rotatable bonds is 17. The second-order valence-electron chi connectivity index (χ2n) is 12.8. The molecule has 0 fully saturated rings. The van der Waals surface area contributed by atoms with Crippen molar-refractivity contribution in [3.63, 3.8) is 0 Å². The van der Waals surface area contributed by atoms with E-state index in [1.54, 1.807) is 63.6 Å². The normalized spacial score (nSPS) is 11.1. The molecular weight excluding hydrogens is 733 g/mol. The van der Waals surface area contributed by atoms with Crippen LogP contribution in [0.15, 0.2) is 54.7 Å².